The van der Waals surface area contributed by atoms with Gasteiger partial charge in [0.1, 0.15) is 0 Å². The summed E-state index contributed by atoms with van der Waals surface area (Å²) in [5.74, 6) is -0.161. The number of anilines is 3. The van der Waals surface area contributed by atoms with Crippen molar-refractivity contribution in [2.24, 2.45) is 0 Å². The minimum absolute atomic E-state index is 0.161. The van der Waals surface area contributed by atoms with Gasteiger partial charge < -0.3 is 25.6 Å². The number of aryl methyl sites for hydroxylation is 2. The summed E-state index contributed by atoms with van der Waals surface area (Å²) in [6.45, 7) is 9.50. The second-order valence-electron chi connectivity index (χ2n) is 9.96. The summed E-state index contributed by atoms with van der Waals surface area (Å²) >= 11 is 0. The zero-order valence-corrected chi connectivity index (χ0v) is 23.1. The maximum Gasteiger partial charge on any atom is 0.323 e. The molecule has 0 aromatic heterocycles. The number of amides is 3. The molecule has 0 bridgehead atoms. The third kappa shape index (κ3) is 8.05. The maximum atomic E-state index is 13.3. The zero-order chi connectivity index (χ0) is 27.6. The van der Waals surface area contributed by atoms with Crippen molar-refractivity contribution >= 4 is 29.0 Å². The number of piperazine rings is 1. The molecule has 0 spiro atoms. The number of hydrogen-bond acceptors (Lipinski definition) is 5. The molecule has 1 saturated heterocycles. The number of methoxy groups -OCH3 is 1. The van der Waals surface area contributed by atoms with E-state index < -0.39 is 0 Å². The van der Waals surface area contributed by atoms with E-state index in [0.29, 0.717) is 24.4 Å². The van der Waals surface area contributed by atoms with Gasteiger partial charge in [-0.1, -0.05) is 36.4 Å². The number of nitrogens with zero attached hydrogens (tertiary/aromatic N) is 2. The molecule has 1 heterocycles. The molecule has 1 aliphatic heterocycles. The van der Waals surface area contributed by atoms with Crippen LogP contribution in [0, 0.1) is 13.8 Å². The first-order valence-electron chi connectivity index (χ1n) is 13.5. The van der Waals surface area contributed by atoms with E-state index in [0.717, 1.165) is 56.1 Å². The number of urea groups is 1. The fraction of sp³-hybridized carbons (Fsp3) is 0.355. The van der Waals surface area contributed by atoms with Crippen LogP contribution in [0.15, 0.2) is 66.7 Å². The quantitative estimate of drug-likeness (QED) is 0.321. The molecule has 8 heteroatoms. The van der Waals surface area contributed by atoms with Crippen LogP contribution >= 0.6 is 0 Å². The Morgan fingerprint density at radius 3 is 2.23 bits per heavy atom. The standard InChI is InChI=1S/C31H39N5O3/c1-23-10-11-26(20-24(23)2)33-31(38)34-27-12-13-29(28(21-27)30(37)32-14-7-19-39-3)36-17-15-35(16-18-36)22-25-8-5-4-6-9-25/h4-6,8-13,20-21H,7,14-19,22H2,1-3H3,(H,32,37)(H2,33,34,38). The number of rotatable bonds is 10. The Bertz CT molecular complexity index is 1260. The summed E-state index contributed by atoms with van der Waals surface area (Å²) in [5.41, 5.74) is 6.27. The molecule has 0 radical (unpaired) electrons. The van der Waals surface area contributed by atoms with Gasteiger partial charge in [0, 0.05) is 70.0 Å². The van der Waals surface area contributed by atoms with Crippen LogP contribution in [0.4, 0.5) is 21.9 Å². The second-order valence-corrected chi connectivity index (χ2v) is 9.96. The van der Waals surface area contributed by atoms with Gasteiger partial charge in [-0.3, -0.25) is 9.69 Å². The highest BCUT2D eigenvalue weighted by atomic mass is 16.5. The van der Waals surface area contributed by atoms with Gasteiger partial charge in [0.15, 0.2) is 0 Å². The molecule has 3 N–H and O–H groups in total. The second kappa shape index (κ2) is 13.8. The molecule has 1 aliphatic rings. The molecule has 3 aromatic rings. The average Bonchev–Trinajstić information content (AvgIpc) is 2.94. The van der Waals surface area contributed by atoms with Crippen LogP contribution in [0.25, 0.3) is 0 Å². The Kier molecular flexibility index (Phi) is 9.94. The maximum absolute atomic E-state index is 13.3. The monoisotopic (exact) mass is 529 g/mol. The smallest absolute Gasteiger partial charge is 0.323 e. The Labute approximate surface area is 231 Å². The number of carbonyl (C=O) groups is 2. The SMILES string of the molecule is COCCCNC(=O)c1cc(NC(=O)Nc2ccc(C)c(C)c2)ccc1N1CCN(Cc2ccccc2)CC1. The fourth-order valence-electron chi connectivity index (χ4n) is 4.69. The van der Waals surface area contributed by atoms with E-state index in [-0.39, 0.29) is 11.9 Å². The van der Waals surface area contributed by atoms with Crippen LogP contribution in [0.1, 0.15) is 33.5 Å². The Morgan fingerprint density at radius 1 is 0.846 bits per heavy atom. The van der Waals surface area contributed by atoms with E-state index in [9.17, 15) is 9.59 Å². The molecule has 3 aromatic carbocycles. The van der Waals surface area contributed by atoms with Crippen molar-refractivity contribution in [1.82, 2.24) is 10.2 Å². The summed E-state index contributed by atoms with van der Waals surface area (Å²) in [6, 6.07) is 21.5. The molecule has 0 saturated carbocycles. The van der Waals surface area contributed by atoms with Crippen molar-refractivity contribution < 1.29 is 14.3 Å². The first kappa shape index (κ1) is 28.1. The Hall–Kier alpha value is -3.88. The molecule has 8 nitrogen and oxygen atoms in total. The lowest BCUT2D eigenvalue weighted by molar-refractivity contribution is 0.0949. The van der Waals surface area contributed by atoms with E-state index in [2.05, 4.69) is 50.0 Å². The minimum atomic E-state index is -0.355. The van der Waals surface area contributed by atoms with Gasteiger partial charge in [-0.15, -0.1) is 0 Å². The highest BCUT2D eigenvalue weighted by Gasteiger charge is 2.22. The van der Waals surface area contributed by atoms with Gasteiger partial charge >= 0.3 is 6.03 Å². The molecule has 0 atom stereocenters. The molecule has 0 unspecified atom stereocenters. The van der Waals surface area contributed by atoms with Crippen LogP contribution in [-0.4, -0.2) is 63.3 Å². The molecule has 206 valence electrons. The molecule has 0 aliphatic carbocycles. The van der Waals surface area contributed by atoms with Crippen molar-refractivity contribution in [3.05, 3.63) is 89.0 Å². The largest absolute Gasteiger partial charge is 0.385 e. The van der Waals surface area contributed by atoms with Crippen LogP contribution in [0.2, 0.25) is 0 Å². The van der Waals surface area contributed by atoms with Crippen molar-refractivity contribution in [3.63, 3.8) is 0 Å². The lowest BCUT2D eigenvalue weighted by Crippen LogP contribution is -2.46. The zero-order valence-electron chi connectivity index (χ0n) is 23.1. The van der Waals surface area contributed by atoms with Gasteiger partial charge in [0.05, 0.1) is 5.56 Å². The van der Waals surface area contributed by atoms with Gasteiger partial charge in [0.2, 0.25) is 0 Å². The van der Waals surface area contributed by atoms with E-state index in [4.69, 9.17) is 4.74 Å². The molecular formula is C31H39N5O3. The van der Waals surface area contributed by atoms with Gasteiger partial charge in [-0.2, -0.15) is 0 Å². The van der Waals surface area contributed by atoms with E-state index in [1.54, 1.807) is 13.2 Å². The van der Waals surface area contributed by atoms with Gasteiger partial charge in [-0.25, -0.2) is 4.79 Å². The van der Waals surface area contributed by atoms with Gasteiger partial charge in [0.25, 0.3) is 5.91 Å². The normalized spacial score (nSPS) is 13.7. The third-order valence-corrected chi connectivity index (χ3v) is 7.04. The van der Waals surface area contributed by atoms with Crippen LogP contribution in [-0.2, 0) is 11.3 Å². The Balaban J connectivity index is 1.45. The molecule has 3 amide bonds. The molecule has 4 rings (SSSR count). The average molecular weight is 530 g/mol. The van der Waals surface area contributed by atoms with Crippen molar-refractivity contribution in [2.75, 3.05) is 62.0 Å². The number of carbonyl (C=O) groups excluding carboxylic acids is 2. The number of benzene rings is 3. The highest BCUT2D eigenvalue weighted by Crippen LogP contribution is 2.26. The first-order valence-corrected chi connectivity index (χ1v) is 13.5. The van der Waals surface area contributed by atoms with E-state index in [1.807, 2.05) is 50.2 Å². The molecule has 1 fully saturated rings. The first-order chi connectivity index (χ1) is 18.9. The summed E-state index contributed by atoms with van der Waals surface area (Å²) in [5, 5.41) is 8.76. The topological polar surface area (TPSA) is 85.9 Å². The summed E-state index contributed by atoms with van der Waals surface area (Å²) in [7, 11) is 1.65. The highest BCUT2D eigenvalue weighted by molar-refractivity contribution is 6.04. The summed E-state index contributed by atoms with van der Waals surface area (Å²) < 4.78 is 5.11. The van der Waals surface area contributed by atoms with Crippen molar-refractivity contribution in [1.29, 1.82) is 0 Å². The summed E-state index contributed by atoms with van der Waals surface area (Å²) in [4.78, 5) is 30.7. The van der Waals surface area contributed by atoms with E-state index in [1.165, 1.54) is 11.1 Å². The fourth-order valence-corrected chi connectivity index (χ4v) is 4.69. The predicted octanol–water partition coefficient (Wildman–Crippen LogP) is 5.04. The lowest BCUT2D eigenvalue weighted by atomic mass is 10.1. The number of nitrogens with one attached hydrogen (secondary N) is 3. The van der Waals surface area contributed by atoms with Crippen LogP contribution in [0.5, 0.6) is 0 Å². The van der Waals surface area contributed by atoms with Crippen molar-refractivity contribution in [2.45, 2.75) is 26.8 Å². The Morgan fingerprint density at radius 2 is 1.54 bits per heavy atom. The van der Waals surface area contributed by atoms with Crippen LogP contribution in [0.3, 0.4) is 0 Å². The lowest BCUT2D eigenvalue weighted by Gasteiger charge is -2.37. The number of ether oxygens (including phenoxy) is 1. The number of hydrogen-bond donors (Lipinski definition) is 3. The molecular weight excluding hydrogens is 490 g/mol. The van der Waals surface area contributed by atoms with Gasteiger partial charge in [-0.05, 0) is 67.3 Å². The van der Waals surface area contributed by atoms with Crippen molar-refractivity contribution in [3.8, 4) is 0 Å². The summed E-state index contributed by atoms with van der Waals surface area (Å²) in [6.07, 6.45) is 0.728. The van der Waals surface area contributed by atoms with Crippen LogP contribution < -0.4 is 20.9 Å². The minimum Gasteiger partial charge on any atom is -0.385 e. The third-order valence-electron chi connectivity index (χ3n) is 7.04. The predicted molar refractivity (Wildman–Crippen MR) is 158 cm³/mol. The molecule has 39 heavy (non-hydrogen) atoms. The van der Waals surface area contributed by atoms with E-state index >= 15 is 0 Å².